The zero-order valence-electron chi connectivity index (χ0n) is 11.9. The van der Waals surface area contributed by atoms with Gasteiger partial charge >= 0.3 is 0 Å². The van der Waals surface area contributed by atoms with Crippen LogP contribution in [0.2, 0.25) is 0 Å². The zero-order chi connectivity index (χ0) is 14.6. The van der Waals surface area contributed by atoms with Crippen molar-refractivity contribution in [1.82, 2.24) is 9.71 Å². The molecule has 0 aliphatic heterocycles. The van der Waals surface area contributed by atoms with Crippen LogP contribution in [0.3, 0.4) is 0 Å². The predicted molar refractivity (Wildman–Crippen MR) is 78.5 cm³/mol. The van der Waals surface area contributed by atoms with Crippen molar-refractivity contribution in [2.24, 2.45) is 11.7 Å². The number of aromatic nitrogens is 1. The Kier molecular flexibility index (Phi) is 5.12. The molecule has 112 valence electrons. The van der Waals surface area contributed by atoms with Crippen molar-refractivity contribution < 1.29 is 8.42 Å². The Balaban J connectivity index is 2.05. The molecule has 1 aromatic heterocycles. The fraction of sp³-hybridized carbons (Fsp3) is 0.643. The molecule has 0 spiro atoms. The van der Waals surface area contributed by atoms with Crippen molar-refractivity contribution in [3.8, 4) is 0 Å². The van der Waals surface area contributed by atoms with Crippen LogP contribution in [-0.4, -0.2) is 19.4 Å². The van der Waals surface area contributed by atoms with Crippen LogP contribution in [-0.2, 0) is 16.6 Å². The van der Waals surface area contributed by atoms with Crippen LogP contribution >= 0.6 is 0 Å². The van der Waals surface area contributed by atoms with Gasteiger partial charge in [-0.25, -0.2) is 18.1 Å². The van der Waals surface area contributed by atoms with Crippen molar-refractivity contribution in [2.75, 3.05) is 0 Å². The molecule has 1 heterocycles. The molecule has 0 amide bonds. The molecule has 2 unspecified atom stereocenters. The van der Waals surface area contributed by atoms with E-state index < -0.39 is 10.0 Å². The average Bonchev–Trinajstić information content (AvgIpc) is 2.63. The lowest BCUT2D eigenvalue weighted by atomic mass is 10.0. The molecule has 2 atom stereocenters. The lowest BCUT2D eigenvalue weighted by Gasteiger charge is -2.16. The molecule has 1 saturated carbocycles. The van der Waals surface area contributed by atoms with Crippen molar-refractivity contribution in [3.63, 3.8) is 0 Å². The number of nitrogens with two attached hydrogens (primary N) is 1. The van der Waals surface area contributed by atoms with Crippen LogP contribution in [0.1, 0.15) is 44.6 Å². The standard InChI is InChI=1S/C14H23N3O2S/c1-11-3-2-4-13(7-5-11)17-20(18,19)14-8-6-12(9-15)10-16-14/h6,8,10-11,13,17H,2-5,7,9,15H2,1H3. The van der Waals surface area contributed by atoms with E-state index in [4.69, 9.17) is 5.73 Å². The lowest BCUT2D eigenvalue weighted by Crippen LogP contribution is -2.34. The number of nitrogens with one attached hydrogen (secondary N) is 1. The smallest absolute Gasteiger partial charge is 0.258 e. The molecule has 1 aromatic rings. The fourth-order valence-electron chi connectivity index (χ4n) is 2.58. The number of sulfonamides is 1. The van der Waals surface area contributed by atoms with E-state index in [0.29, 0.717) is 12.5 Å². The van der Waals surface area contributed by atoms with E-state index in [1.807, 2.05) is 0 Å². The highest BCUT2D eigenvalue weighted by atomic mass is 32.2. The molecule has 1 fully saturated rings. The van der Waals surface area contributed by atoms with Crippen LogP contribution < -0.4 is 10.5 Å². The second-order valence-electron chi connectivity index (χ2n) is 5.64. The molecule has 5 nitrogen and oxygen atoms in total. The topological polar surface area (TPSA) is 85.1 Å². The molecule has 0 bridgehead atoms. The van der Waals surface area contributed by atoms with Crippen LogP contribution in [0.25, 0.3) is 0 Å². The highest BCUT2D eigenvalue weighted by Crippen LogP contribution is 2.23. The van der Waals surface area contributed by atoms with E-state index in [-0.39, 0.29) is 11.1 Å². The van der Waals surface area contributed by atoms with Gasteiger partial charge in [-0.2, -0.15) is 0 Å². The first-order valence-electron chi connectivity index (χ1n) is 7.18. The Labute approximate surface area is 121 Å². The van der Waals surface area contributed by atoms with E-state index in [0.717, 1.165) is 31.2 Å². The third kappa shape index (κ3) is 4.01. The van der Waals surface area contributed by atoms with Crippen molar-refractivity contribution >= 4 is 10.0 Å². The number of hydrogen-bond donors (Lipinski definition) is 2. The van der Waals surface area contributed by atoms with Gasteiger partial charge in [0.2, 0.25) is 0 Å². The second kappa shape index (κ2) is 6.65. The third-order valence-electron chi connectivity index (χ3n) is 3.89. The molecule has 1 aliphatic rings. The molecule has 0 aromatic carbocycles. The molecule has 1 aliphatic carbocycles. The maximum atomic E-state index is 12.3. The number of rotatable bonds is 4. The Bertz CT molecular complexity index is 528. The minimum Gasteiger partial charge on any atom is -0.326 e. The van der Waals surface area contributed by atoms with Crippen LogP contribution in [0.4, 0.5) is 0 Å². The van der Waals surface area contributed by atoms with Crippen molar-refractivity contribution in [2.45, 2.75) is 56.6 Å². The number of nitrogens with zero attached hydrogens (tertiary/aromatic N) is 1. The summed E-state index contributed by atoms with van der Waals surface area (Å²) in [5, 5.41) is 0.0759. The molecular weight excluding hydrogens is 274 g/mol. The van der Waals surface area contributed by atoms with Crippen LogP contribution in [0.5, 0.6) is 0 Å². The number of hydrogen-bond acceptors (Lipinski definition) is 4. The van der Waals surface area contributed by atoms with Gasteiger partial charge in [0.25, 0.3) is 10.0 Å². The van der Waals surface area contributed by atoms with E-state index in [1.165, 1.54) is 18.7 Å². The zero-order valence-corrected chi connectivity index (χ0v) is 12.7. The molecular formula is C14H23N3O2S. The summed E-state index contributed by atoms with van der Waals surface area (Å²) in [5.74, 6) is 0.687. The molecule has 0 radical (unpaired) electrons. The highest BCUT2D eigenvalue weighted by Gasteiger charge is 2.23. The Hall–Kier alpha value is -0.980. The van der Waals surface area contributed by atoms with Gasteiger partial charge in [0.15, 0.2) is 5.03 Å². The second-order valence-corrected chi connectivity index (χ2v) is 7.30. The van der Waals surface area contributed by atoms with Crippen LogP contribution in [0.15, 0.2) is 23.4 Å². The predicted octanol–water partition coefficient (Wildman–Crippen LogP) is 1.79. The highest BCUT2D eigenvalue weighted by molar-refractivity contribution is 7.89. The van der Waals surface area contributed by atoms with E-state index in [9.17, 15) is 8.42 Å². The lowest BCUT2D eigenvalue weighted by molar-refractivity contribution is 0.484. The Morgan fingerprint density at radius 2 is 2.10 bits per heavy atom. The van der Waals surface area contributed by atoms with Gasteiger partial charge in [0.05, 0.1) is 0 Å². The quantitative estimate of drug-likeness (QED) is 0.830. The van der Waals surface area contributed by atoms with Gasteiger partial charge in [0.1, 0.15) is 0 Å². The fourth-order valence-corrected chi connectivity index (χ4v) is 3.81. The largest absolute Gasteiger partial charge is 0.326 e. The van der Waals surface area contributed by atoms with E-state index >= 15 is 0 Å². The third-order valence-corrected chi connectivity index (χ3v) is 5.32. The van der Waals surface area contributed by atoms with Gasteiger partial charge in [-0.15, -0.1) is 0 Å². The van der Waals surface area contributed by atoms with E-state index in [1.54, 1.807) is 6.07 Å². The maximum absolute atomic E-state index is 12.3. The van der Waals surface area contributed by atoms with Crippen molar-refractivity contribution in [1.29, 1.82) is 0 Å². The summed E-state index contributed by atoms with van der Waals surface area (Å²) in [6.07, 6.45) is 6.66. The minimum absolute atomic E-state index is 0.0286. The SMILES string of the molecule is CC1CCCC(NS(=O)(=O)c2ccc(CN)cn2)CC1. The van der Waals surface area contributed by atoms with Crippen LogP contribution in [0, 0.1) is 5.92 Å². The monoisotopic (exact) mass is 297 g/mol. The first-order valence-corrected chi connectivity index (χ1v) is 8.67. The molecule has 0 saturated heterocycles. The molecule has 6 heteroatoms. The maximum Gasteiger partial charge on any atom is 0.258 e. The molecule has 3 N–H and O–H groups in total. The summed E-state index contributed by atoms with van der Waals surface area (Å²) < 4.78 is 27.4. The van der Waals surface area contributed by atoms with E-state index in [2.05, 4.69) is 16.6 Å². The van der Waals surface area contributed by atoms with Gasteiger partial charge in [-0.05, 0) is 36.8 Å². The Morgan fingerprint density at radius 3 is 2.75 bits per heavy atom. The molecule has 2 rings (SSSR count). The summed E-state index contributed by atoms with van der Waals surface area (Å²) in [4.78, 5) is 3.99. The van der Waals surface area contributed by atoms with Gasteiger partial charge in [-0.1, -0.05) is 25.8 Å². The van der Waals surface area contributed by atoms with Crippen molar-refractivity contribution in [3.05, 3.63) is 23.9 Å². The summed E-state index contributed by atoms with van der Waals surface area (Å²) in [6.45, 7) is 2.59. The summed E-state index contributed by atoms with van der Waals surface area (Å²) >= 11 is 0. The normalized spacial score (nSPS) is 24.3. The average molecular weight is 297 g/mol. The van der Waals surface area contributed by atoms with Gasteiger partial charge < -0.3 is 5.73 Å². The summed E-state index contributed by atoms with van der Waals surface area (Å²) in [6, 6.07) is 3.25. The summed E-state index contributed by atoms with van der Waals surface area (Å²) in [7, 11) is -3.52. The Morgan fingerprint density at radius 1 is 1.30 bits per heavy atom. The van der Waals surface area contributed by atoms with Gasteiger partial charge in [0, 0.05) is 18.8 Å². The first kappa shape index (κ1) is 15.4. The minimum atomic E-state index is -3.52. The van der Waals surface area contributed by atoms with Gasteiger partial charge in [-0.3, -0.25) is 0 Å². The molecule has 20 heavy (non-hydrogen) atoms. The summed E-state index contributed by atoms with van der Waals surface area (Å²) in [5.41, 5.74) is 6.31. The first-order chi connectivity index (χ1) is 9.51. The number of pyridine rings is 1.